The fourth-order valence-corrected chi connectivity index (χ4v) is 3.25. The SMILES string of the molecule is Cc1cc(S(=O)(=O)Cl)ccc1OCC(=O)NC1CCCC1. The van der Waals surface area contributed by atoms with E-state index in [-0.39, 0.29) is 23.5 Å². The van der Waals surface area contributed by atoms with Gasteiger partial charge in [-0.15, -0.1) is 0 Å². The first-order valence-electron chi connectivity index (χ1n) is 6.84. The van der Waals surface area contributed by atoms with Crippen molar-refractivity contribution in [3.05, 3.63) is 23.8 Å². The molecule has 1 N–H and O–H groups in total. The predicted octanol–water partition coefficient (Wildman–Crippen LogP) is 2.36. The van der Waals surface area contributed by atoms with Gasteiger partial charge in [0.1, 0.15) is 5.75 Å². The van der Waals surface area contributed by atoms with Crippen LogP contribution in [-0.4, -0.2) is 27.0 Å². The summed E-state index contributed by atoms with van der Waals surface area (Å²) in [6.07, 6.45) is 4.35. The highest BCUT2D eigenvalue weighted by atomic mass is 35.7. The van der Waals surface area contributed by atoms with Crippen molar-refractivity contribution in [3.8, 4) is 5.75 Å². The van der Waals surface area contributed by atoms with Crippen molar-refractivity contribution in [3.63, 3.8) is 0 Å². The third-order valence-electron chi connectivity index (χ3n) is 3.51. The number of halogens is 1. The van der Waals surface area contributed by atoms with Crippen molar-refractivity contribution in [2.45, 2.75) is 43.5 Å². The van der Waals surface area contributed by atoms with Crippen LogP contribution in [0.4, 0.5) is 0 Å². The molecule has 5 nitrogen and oxygen atoms in total. The lowest BCUT2D eigenvalue weighted by molar-refractivity contribution is -0.123. The maximum atomic E-state index is 11.8. The minimum absolute atomic E-state index is 0.0180. The molecule has 2 rings (SSSR count). The Hall–Kier alpha value is -1.27. The highest BCUT2D eigenvalue weighted by Crippen LogP contribution is 2.24. The minimum Gasteiger partial charge on any atom is -0.484 e. The number of carbonyl (C=O) groups is 1. The average molecular weight is 332 g/mol. The molecule has 0 aromatic heterocycles. The van der Waals surface area contributed by atoms with Crippen LogP contribution < -0.4 is 10.1 Å². The fourth-order valence-electron chi connectivity index (χ4n) is 2.42. The monoisotopic (exact) mass is 331 g/mol. The van der Waals surface area contributed by atoms with Gasteiger partial charge in [0.05, 0.1) is 4.90 Å². The van der Waals surface area contributed by atoms with E-state index in [4.69, 9.17) is 15.4 Å². The van der Waals surface area contributed by atoms with E-state index in [2.05, 4.69) is 5.32 Å². The Morgan fingerprint density at radius 1 is 1.38 bits per heavy atom. The molecule has 21 heavy (non-hydrogen) atoms. The number of hydrogen-bond donors (Lipinski definition) is 1. The summed E-state index contributed by atoms with van der Waals surface area (Å²) in [6.45, 7) is 1.63. The third kappa shape index (κ3) is 4.61. The van der Waals surface area contributed by atoms with Gasteiger partial charge in [-0.3, -0.25) is 4.79 Å². The van der Waals surface area contributed by atoms with Gasteiger partial charge in [0.25, 0.3) is 15.0 Å². The normalized spacial score (nSPS) is 15.9. The first-order chi connectivity index (χ1) is 9.86. The summed E-state index contributed by atoms with van der Waals surface area (Å²) in [6, 6.07) is 4.55. The molecule has 0 atom stereocenters. The molecule has 116 valence electrons. The van der Waals surface area contributed by atoms with Gasteiger partial charge in [0, 0.05) is 16.7 Å². The van der Waals surface area contributed by atoms with Crippen molar-refractivity contribution in [2.24, 2.45) is 0 Å². The lowest BCUT2D eigenvalue weighted by atomic mass is 10.2. The van der Waals surface area contributed by atoms with E-state index in [9.17, 15) is 13.2 Å². The number of benzene rings is 1. The van der Waals surface area contributed by atoms with E-state index in [0.717, 1.165) is 25.7 Å². The van der Waals surface area contributed by atoms with Crippen molar-refractivity contribution < 1.29 is 17.9 Å². The lowest BCUT2D eigenvalue weighted by Gasteiger charge is -2.13. The molecule has 0 saturated heterocycles. The summed E-state index contributed by atoms with van der Waals surface area (Å²) in [5.41, 5.74) is 0.616. The average Bonchev–Trinajstić information content (AvgIpc) is 2.89. The summed E-state index contributed by atoms with van der Waals surface area (Å²) < 4.78 is 27.9. The van der Waals surface area contributed by atoms with Crippen LogP contribution in [0.1, 0.15) is 31.2 Å². The molecule has 0 bridgehead atoms. The van der Waals surface area contributed by atoms with Crippen LogP contribution in [-0.2, 0) is 13.8 Å². The molecule has 7 heteroatoms. The number of carbonyl (C=O) groups excluding carboxylic acids is 1. The van der Waals surface area contributed by atoms with Crippen LogP contribution in [0, 0.1) is 6.92 Å². The molecule has 1 saturated carbocycles. The smallest absolute Gasteiger partial charge is 0.261 e. The Bertz CT molecular complexity index is 624. The van der Waals surface area contributed by atoms with E-state index in [1.165, 1.54) is 18.2 Å². The van der Waals surface area contributed by atoms with E-state index in [0.29, 0.717) is 11.3 Å². The molecule has 0 spiro atoms. The highest BCUT2D eigenvalue weighted by Gasteiger charge is 2.17. The molecule has 0 radical (unpaired) electrons. The van der Waals surface area contributed by atoms with Gasteiger partial charge in [0.15, 0.2) is 6.61 Å². The summed E-state index contributed by atoms with van der Waals surface area (Å²) in [7, 11) is 1.52. The van der Waals surface area contributed by atoms with Crippen LogP contribution in [0.25, 0.3) is 0 Å². The van der Waals surface area contributed by atoms with Gasteiger partial charge in [-0.05, 0) is 43.5 Å². The van der Waals surface area contributed by atoms with Gasteiger partial charge in [-0.2, -0.15) is 0 Å². The Kier molecular flexibility index (Phi) is 5.11. The zero-order chi connectivity index (χ0) is 15.5. The molecule has 0 heterocycles. The molecular formula is C14H18ClNO4S. The molecule has 0 unspecified atom stereocenters. The second-order valence-corrected chi connectivity index (χ2v) is 7.77. The van der Waals surface area contributed by atoms with Gasteiger partial charge in [-0.1, -0.05) is 12.8 Å². The molecule has 1 aromatic rings. The standard InChI is InChI=1S/C14H18ClNO4S/c1-10-8-12(21(15,18)19)6-7-13(10)20-9-14(17)16-11-4-2-3-5-11/h6-8,11H,2-5,9H2,1H3,(H,16,17). The number of aryl methyl sites for hydroxylation is 1. The van der Waals surface area contributed by atoms with E-state index in [1.807, 2.05) is 0 Å². The molecule has 1 aromatic carbocycles. The van der Waals surface area contributed by atoms with Crippen LogP contribution in [0.5, 0.6) is 5.75 Å². The third-order valence-corrected chi connectivity index (χ3v) is 4.86. The van der Waals surface area contributed by atoms with Crippen molar-refractivity contribution in [1.82, 2.24) is 5.32 Å². The van der Waals surface area contributed by atoms with Crippen molar-refractivity contribution in [1.29, 1.82) is 0 Å². The number of hydrogen-bond acceptors (Lipinski definition) is 4. The molecule has 0 aliphatic heterocycles. The number of amides is 1. The quantitative estimate of drug-likeness (QED) is 0.841. The zero-order valence-corrected chi connectivity index (χ0v) is 13.3. The van der Waals surface area contributed by atoms with Crippen molar-refractivity contribution in [2.75, 3.05) is 6.61 Å². The second kappa shape index (κ2) is 6.66. The second-order valence-electron chi connectivity index (χ2n) is 5.20. The maximum Gasteiger partial charge on any atom is 0.261 e. The largest absolute Gasteiger partial charge is 0.484 e. The first-order valence-corrected chi connectivity index (χ1v) is 9.14. The topological polar surface area (TPSA) is 72.5 Å². The Morgan fingerprint density at radius 2 is 2.05 bits per heavy atom. The predicted molar refractivity (Wildman–Crippen MR) is 80.1 cm³/mol. The summed E-state index contributed by atoms with van der Waals surface area (Å²) >= 11 is 0. The zero-order valence-electron chi connectivity index (χ0n) is 11.8. The van der Waals surface area contributed by atoms with E-state index in [1.54, 1.807) is 6.92 Å². The highest BCUT2D eigenvalue weighted by molar-refractivity contribution is 8.13. The summed E-state index contributed by atoms with van der Waals surface area (Å²) in [5.74, 6) is 0.316. The van der Waals surface area contributed by atoms with E-state index >= 15 is 0 Å². The lowest BCUT2D eigenvalue weighted by Crippen LogP contribution is -2.36. The molecule has 1 aliphatic rings. The van der Waals surface area contributed by atoms with E-state index < -0.39 is 9.05 Å². The van der Waals surface area contributed by atoms with Gasteiger partial charge in [0.2, 0.25) is 0 Å². The molecule has 1 amide bonds. The van der Waals surface area contributed by atoms with Crippen LogP contribution in [0.2, 0.25) is 0 Å². The Balaban J connectivity index is 1.92. The van der Waals surface area contributed by atoms with Crippen LogP contribution in [0.15, 0.2) is 23.1 Å². The molecular weight excluding hydrogens is 314 g/mol. The molecule has 1 fully saturated rings. The Labute approximate surface area is 129 Å². The fraction of sp³-hybridized carbons (Fsp3) is 0.500. The number of rotatable bonds is 5. The number of nitrogens with one attached hydrogen (secondary N) is 1. The Morgan fingerprint density at radius 3 is 2.62 bits per heavy atom. The summed E-state index contributed by atoms with van der Waals surface area (Å²) in [4.78, 5) is 11.8. The van der Waals surface area contributed by atoms with Gasteiger partial charge in [-0.25, -0.2) is 8.42 Å². The maximum absolute atomic E-state index is 11.8. The van der Waals surface area contributed by atoms with Gasteiger partial charge >= 0.3 is 0 Å². The first kappa shape index (κ1) is 16.1. The van der Waals surface area contributed by atoms with Crippen molar-refractivity contribution >= 4 is 25.6 Å². The van der Waals surface area contributed by atoms with Crippen LogP contribution in [0.3, 0.4) is 0 Å². The number of ether oxygens (including phenoxy) is 1. The van der Waals surface area contributed by atoms with Gasteiger partial charge < -0.3 is 10.1 Å². The molecule has 1 aliphatic carbocycles. The summed E-state index contributed by atoms with van der Waals surface area (Å²) in [5, 5.41) is 2.92. The van der Waals surface area contributed by atoms with Crippen LogP contribution >= 0.6 is 10.7 Å². The minimum atomic E-state index is -3.75.